The highest BCUT2D eigenvalue weighted by atomic mass is 19.1. The lowest BCUT2D eigenvalue weighted by molar-refractivity contribution is 0.0953. The van der Waals surface area contributed by atoms with Crippen LogP contribution in [-0.4, -0.2) is 34.4 Å². The summed E-state index contributed by atoms with van der Waals surface area (Å²) in [6, 6.07) is 6.19. The number of aryl methyl sites for hydroxylation is 1. The van der Waals surface area contributed by atoms with Gasteiger partial charge in [-0.1, -0.05) is 10.3 Å². The van der Waals surface area contributed by atoms with Crippen molar-refractivity contribution in [2.75, 3.05) is 13.1 Å². The van der Waals surface area contributed by atoms with Crippen LogP contribution in [0.5, 0.6) is 5.75 Å². The van der Waals surface area contributed by atoms with Crippen molar-refractivity contribution in [2.45, 2.75) is 32.4 Å². The minimum atomic E-state index is -0.242. The predicted octanol–water partition coefficient (Wildman–Crippen LogP) is 2.56. The first-order valence-corrected chi connectivity index (χ1v) is 7.13. The second-order valence-electron chi connectivity index (χ2n) is 5.34. The van der Waals surface area contributed by atoms with E-state index in [1.165, 1.54) is 12.1 Å². The highest BCUT2D eigenvalue weighted by molar-refractivity contribution is 5.22. The number of nitrogens with zero attached hydrogens (tertiary/aromatic N) is 3. The van der Waals surface area contributed by atoms with Crippen LogP contribution in [0.2, 0.25) is 0 Å². The molecule has 0 N–H and O–H groups in total. The Bertz CT molecular complexity index is 577. The van der Waals surface area contributed by atoms with Gasteiger partial charge in [0.2, 0.25) is 0 Å². The Morgan fingerprint density at radius 3 is 2.57 bits per heavy atom. The zero-order valence-electron chi connectivity index (χ0n) is 12.0. The number of aromatic nitrogens is 2. The molecule has 112 valence electrons. The molecular weight excluding hydrogens is 273 g/mol. The zero-order chi connectivity index (χ0) is 14.7. The zero-order valence-corrected chi connectivity index (χ0v) is 12.0. The molecule has 0 amide bonds. The van der Waals surface area contributed by atoms with Gasteiger partial charge in [-0.25, -0.2) is 9.02 Å². The van der Waals surface area contributed by atoms with Crippen LogP contribution in [0.3, 0.4) is 0 Å². The molecule has 3 rings (SSSR count). The standard InChI is InChI=1S/C15H18FN3O2/c1-11-15(18-21-17-11)10-19-8-6-14(7-9-19)20-13-4-2-12(16)3-5-13/h2-5,14H,6-10H2,1H3. The maximum Gasteiger partial charge on any atom is 0.123 e. The average Bonchev–Trinajstić information content (AvgIpc) is 2.89. The fourth-order valence-electron chi connectivity index (χ4n) is 2.50. The van der Waals surface area contributed by atoms with E-state index < -0.39 is 0 Å². The summed E-state index contributed by atoms with van der Waals surface area (Å²) >= 11 is 0. The number of halogens is 1. The Kier molecular flexibility index (Phi) is 4.15. The third kappa shape index (κ3) is 3.58. The van der Waals surface area contributed by atoms with E-state index in [0.717, 1.165) is 49.6 Å². The lowest BCUT2D eigenvalue weighted by Crippen LogP contribution is -2.38. The molecule has 0 saturated carbocycles. The Hall–Kier alpha value is -1.95. The van der Waals surface area contributed by atoms with Crippen LogP contribution in [0.15, 0.2) is 28.9 Å². The molecule has 1 saturated heterocycles. The minimum Gasteiger partial charge on any atom is -0.490 e. The topological polar surface area (TPSA) is 51.4 Å². The number of hydrogen-bond acceptors (Lipinski definition) is 5. The van der Waals surface area contributed by atoms with Gasteiger partial charge in [-0.05, 0) is 44.0 Å². The van der Waals surface area contributed by atoms with Gasteiger partial charge in [0, 0.05) is 19.6 Å². The number of ether oxygens (including phenoxy) is 1. The number of benzene rings is 1. The fourth-order valence-corrected chi connectivity index (χ4v) is 2.50. The monoisotopic (exact) mass is 291 g/mol. The maximum absolute atomic E-state index is 12.8. The Morgan fingerprint density at radius 1 is 1.24 bits per heavy atom. The van der Waals surface area contributed by atoms with Crippen molar-refractivity contribution in [2.24, 2.45) is 0 Å². The van der Waals surface area contributed by atoms with Crippen LogP contribution in [0.25, 0.3) is 0 Å². The molecule has 1 aromatic carbocycles. The van der Waals surface area contributed by atoms with Gasteiger partial charge in [-0.3, -0.25) is 4.90 Å². The van der Waals surface area contributed by atoms with Gasteiger partial charge in [0.05, 0.1) is 0 Å². The van der Waals surface area contributed by atoms with Crippen molar-refractivity contribution in [1.82, 2.24) is 15.2 Å². The van der Waals surface area contributed by atoms with Gasteiger partial charge in [0.25, 0.3) is 0 Å². The van der Waals surface area contributed by atoms with E-state index in [9.17, 15) is 4.39 Å². The van der Waals surface area contributed by atoms with Crippen LogP contribution < -0.4 is 4.74 Å². The van der Waals surface area contributed by atoms with Crippen molar-refractivity contribution in [3.05, 3.63) is 41.5 Å². The summed E-state index contributed by atoms with van der Waals surface area (Å²) < 4.78 is 23.4. The highest BCUT2D eigenvalue weighted by Gasteiger charge is 2.22. The Balaban J connectivity index is 1.49. The molecule has 5 nitrogen and oxygen atoms in total. The van der Waals surface area contributed by atoms with Gasteiger partial charge in [-0.15, -0.1) is 0 Å². The highest BCUT2D eigenvalue weighted by Crippen LogP contribution is 2.20. The summed E-state index contributed by atoms with van der Waals surface area (Å²) in [7, 11) is 0. The molecule has 2 heterocycles. The molecule has 21 heavy (non-hydrogen) atoms. The van der Waals surface area contributed by atoms with Gasteiger partial charge >= 0.3 is 0 Å². The molecule has 0 aliphatic carbocycles. The minimum absolute atomic E-state index is 0.184. The first-order chi connectivity index (χ1) is 10.2. The summed E-state index contributed by atoms with van der Waals surface area (Å²) in [4.78, 5) is 2.32. The molecule has 1 aliphatic rings. The molecule has 0 bridgehead atoms. The Labute approximate surface area is 122 Å². The molecule has 0 unspecified atom stereocenters. The SMILES string of the molecule is Cc1nonc1CN1CCC(Oc2ccc(F)cc2)CC1. The first-order valence-electron chi connectivity index (χ1n) is 7.13. The van der Waals surface area contributed by atoms with E-state index in [-0.39, 0.29) is 11.9 Å². The second kappa shape index (κ2) is 6.22. The quantitative estimate of drug-likeness (QED) is 0.866. The molecule has 2 aromatic rings. The molecule has 6 heteroatoms. The van der Waals surface area contributed by atoms with Crippen molar-refractivity contribution in [1.29, 1.82) is 0 Å². The number of piperidine rings is 1. The third-order valence-electron chi connectivity index (χ3n) is 3.77. The third-order valence-corrected chi connectivity index (χ3v) is 3.77. The van der Waals surface area contributed by atoms with Crippen LogP contribution in [0.1, 0.15) is 24.2 Å². The summed E-state index contributed by atoms with van der Waals surface area (Å²) in [5.41, 5.74) is 1.74. The predicted molar refractivity (Wildman–Crippen MR) is 74.4 cm³/mol. The van der Waals surface area contributed by atoms with Crippen LogP contribution in [-0.2, 0) is 6.54 Å². The van der Waals surface area contributed by atoms with Gasteiger partial charge in [0.1, 0.15) is 29.1 Å². The van der Waals surface area contributed by atoms with E-state index in [2.05, 4.69) is 15.2 Å². The van der Waals surface area contributed by atoms with Crippen LogP contribution in [0, 0.1) is 12.7 Å². The van der Waals surface area contributed by atoms with E-state index in [1.54, 1.807) is 12.1 Å². The average molecular weight is 291 g/mol. The van der Waals surface area contributed by atoms with Crippen molar-refractivity contribution in [3.63, 3.8) is 0 Å². The lowest BCUT2D eigenvalue weighted by Gasteiger charge is -2.31. The normalized spacial score (nSPS) is 17.0. The summed E-state index contributed by atoms with van der Waals surface area (Å²) in [5, 5.41) is 7.70. The largest absolute Gasteiger partial charge is 0.490 e. The van der Waals surface area contributed by atoms with Gasteiger partial charge in [0.15, 0.2) is 0 Å². The summed E-state index contributed by atoms with van der Waals surface area (Å²) in [5.74, 6) is 0.486. The molecule has 1 aliphatic heterocycles. The van der Waals surface area contributed by atoms with Crippen LogP contribution in [0.4, 0.5) is 4.39 Å². The van der Waals surface area contributed by atoms with Gasteiger partial charge in [-0.2, -0.15) is 0 Å². The first kappa shape index (κ1) is 14.0. The van der Waals surface area contributed by atoms with E-state index in [4.69, 9.17) is 9.37 Å². The Morgan fingerprint density at radius 2 is 1.95 bits per heavy atom. The van der Waals surface area contributed by atoms with Crippen LogP contribution >= 0.6 is 0 Å². The smallest absolute Gasteiger partial charge is 0.123 e. The van der Waals surface area contributed by atoms with E-state index in [1.807, 2.05) is 6.92 Å². The molecule has 0 atom stereocenters. The molecular formula is C15H18FN3O2. The summed E-state index contributed by atoms with van der Waals surface area (Å²) in [6.07, 6.45) is 2.08. The second-order valence-corrected chi connectivity index (χ2v) is 5.34. The fraction of sp³-hybridized carbons (Fsp3) is 0.467. The summed E-state index contributed by atoms with van der Waals surface area (Å²) in [6.45, 7) is 4.55. The number of likely N-dealkylation sites (tertiary alicyclic amines) is 1. The van der Waals surface area contributed by atoms with Crippen molar-refractivity contribution >= 4 is 0 Å². The number of hydrogen-bond donors (Lipinski definition) is 0. The number of rotatable bonds is 4. The molecule has 0 spiro atoms. The van der Waals surface area contributed by atoms with E-state index in [0.29, 0.717) is 0 Å². The van der Waals surface area contributed by atoms with Crippen molar-refractivity contribution < 1.29 is 13.8 Å². The molecule has 0 radical (unpaired) electrons. The molecule has 1 fully saturated rings. The van der Waals surface area contributed by atoms with E-state index >= 15 is 0 Å². The van der Waals surface area contributed by atoms with Crippen molar-refractivity contribution in [3.8, 4) is 5.75 Å². The molecule has 1 aromatic heterocycles. The lowest BCUT2D eigenvalue weighted by atomic mass is 10.1. The van der Waals surface area contributed by atoms with Gasteiger partial charge < -0.3 is 4.74 Å². The maximum atomic E-state index is 12.8.